The Bertz CT molecular complexity index is 930. The summed E-state index contributed by atoms with van der Waals surface area (Å²) < 4.78 is 2.43. The lowest BCUT2D eigenvalue weighted by atomic mass is 9.94. The third-order valence-electron chi connectivity index (χ3n) is 5.75. The number of nitrogens with zero attached hydrogens (tertiary/aromatic N) is 4. The predicted molar refractivity (Wildman–Crippen MR) is 114 cm³/mol. The molecular formula is C23H31N5. The van der Waals surface area contributed by atoms with Gasteiger partial charge in [0, 0.05) is 12.7 Å². The second-order valence-electron chi connectivity index (χ2n) is 8.18. The van der Waals surface area contributed by atoms with Crippen LogP contribution in [0, 0.1) is 6.92 Å². The van der Waals surface area contributed by atoms with Crippen LogP contribution in [0.25, 0.3) is 11.0 Å². The summed E-state index contributed by atoms with van der Waals surface area (Å²) >= 11 is 0. The van der Waals surface area contributed by atoms with Gasteiger partial charge in [0.1, 0.15) is 5.82 Å². The lowest BCUT2D eigenvalue weighted by Gasteiger charge is -2.31. The summed E-state index contributed by atoms with van der Waals surface area (Å²) in [6.45, 7) is 4.24. The van der Waals surface area contributed by atoms with E-state index in [0.717, 1.165) is 37.9 Å². The van der Waals surface area contributed by atoms with Crippen molar-refractivity contribution < 1.29 is 0 Å². The van der Waals surface area contributed by atoms with E-state index in [4.69, 9.17) is 4.98 Å². The number of imidazole rings is 1. The first-order valence-corrected chi connectivity index (χ1v) is 10.4. The molecule has 2 aromatic heterocycles. The Labute approximate surface area is 167 Å². The molecule has 2 atom stereocenters. The Hall–Kier alpha value is -2.24. The molecule has 1 aromatic carbocycles. The molecule has 1 aliphatic heterocycles. The summed E-state index contributed by atoms with van der Waals surface area (Å²) in [6, 6.07) is 13.3. The predicted octanol–water partition coefficient (Wildman–Crippen LogP) is 4.25. The molecule has 0 amide bonds. The molecule has 1 N–H and O–H groups in total. The van der Waals surface area contributed by atoms with Crippen molar-refractivity contribution in [1.29, 1.82) is 0 Å². The highest BCUT2D eigenvalue weighted by atomic mass is 15.1. The fourth-order valence-corrected chi connectivity index (χ4v) is 4.36. The van der Waals surface area contributed by atoms with Gasteiger partial charge in [0.15, 0.2) is 0 Å². The molecule has 1 unspecified atom stereocenters. The average molecular weight is 378 g/mol. The van der Waals surface area contributed by atoms with E-state index >= 15 is 0 Å². The van der Waals surface area contributed by atoms with Crippen LogP contribution >= 0.6 is 0 Å². The molecule has 3 aromatic rings. The first kappa shape index (κ1) is 19.1. The molecule has 3 heterocycles. The molecule has 0 spiro atoms. The van der Waals surface area contributed by atoms with Crippen LogP contribution in [0.4, 0.5) is 0 Å². The van der Waals surface area contributed by atoms with Crippen LogP contribution < -0.4 is 5.32 Å². The molecule has 1 aliphatic rings. The van der Waals surface area contributed by atoms with E-state index in [-0.39, 0.29) is 6.04 Å². The maximum atomic E-state index is 5.05. The van der Waals surface area contributed by atoms with Crippen molar-refractivity contribution >= 4 is 11.0 Å². The van der Waals surface area contributed by atoms with Crippen LogP contribution in [0.15, 0.2) is 42.6 Å². The standard InChI is InChI=1S/C23H31N5/c1-17-9-7-14-24-22(17)19-11-6-12-20(25-19)23-26-18-10-4-5-13-21(18)28(23)16-8-15-27(2)3/h4-5,7,9-10,13-14,19-20,25H,6,8,11-12,15-16H2,1-3H3/t19-,20?/m0/s1. The number of hydrogen-bond donors (Lipinski definition) is 1. The minimum atomic E-state index is 0.270. The molecule has 5 heteroatoms. The van der Waals surface area contributed by atoms with Gasteiger partial charge in [-0.15, -0.1) is 0 Å². The van der Waals surface area contributed by atoms with Crippen LogP contribution in [0.2, 0.25) is 0 Å². The van der Waals surface area contributed by atoms with Crippen LogP contribution in [-0.2, 0) is 6.54 Å². The Balaban J connectivity index is 1.63. The Kier molecular flexibility index (Phi) is 5.74. The van der Waals surface area contributed by atoms with Crippen LogP contribution in [0.5, 0.6) is 0 Å². The number of pyridine rings is 1. The Morgan fingerprint density at radius 2 is 1.93 bits per heavy atom. The van der Waals surface area contributed by atoms with Gasteiger partial charge in [-0.2, -0.15) is 0 Å². The van der Waals surface area contributed by atoms with Crippen molar-refractivity contribution in [3.63, 3.8) is 0 Å². The van der Waals surface area contributed by atoms with Crippen LogP contribution in [0.1, 0.15) is 54.8 Å². The van der Waals surface area contributed by atoms with Gasteiger partial charge in [0.25, 0.3) is 0 Å². The number of hydrogen-bond acceptors (Lipinski definition) is 4. The van der Waals surface area contributed by atoms with Gasteiger partial charge in [-0.05, 0) is 77.0 Å². The number of benzene rings is 1. The SMILES string of the molecule is Cc1cccnc1[C@@H]1CCCC(c2nc3ccccc3n2CCCN(C)C)N1. The summed E-state index contributed by atoms with van der Waals surface area (Å²) in [4.78, 5) is 12.0. The van der Waals surface area contributed by atoms with Crippen LogP contribution in [0.3, 0.4) is 0 Å². The number of rotatable bonds is 6. The van der Waals surface area contributed by atoms with E-state index in [1.165, 1.54) is 29.0 Å². The minimum Gasteiger partial charge on any atom is -0.327 e. The second-order valence-corrected chi connectivity index (χ2v) is 8.18. The van der Waals surface area contributed by atoms with Crippen molar-refractivity contribution in [2.75, 3.05) is 20.6 Å². The van der Waals surface area contributed by atoms with E-state index < -0.39 is 0 Å². The van der Waals surface area contributed by atoms with E-state index in [0.29, 0.717) is 6.04 Å². The van der Waals surface area contributed by atoms with E-state index in [2.05, 4.69) is 71.1 Å². The van der Waals surface area contributed by atoms with Gasteiger partial charge in [-0.3, -0.25) is 10.3 Å². The van der Waals surface area contributed by atoms with Gasteiger partial charge in [0.05, 0.1) is 28.8 Å². The largest absolute Gasteiger partial charge is 0.327 e. The van der Waals surface area contributed by atoms with E-state index in [1.54, 1.807) is 0 Å². The highest BCUT2D eigenvalue weighted by Gasteiger charge is 2.28. The Morgan fingerprint density at radius 1 is 1.11 bits per heavy atom. The number of aryl methyl sites for hydroxylation is 2. The van der Waals surface area contributed by atoms with Crippen LogP contribution in [-0.4, -0.2) is 40.1 Å². The van der Waals surface area contributed by atoms with Crippen molar-refractivity contribution in [2.45, 2.75) is 51.2 Å². The Morgan fingerprint density at radius 3 is 2.75 bits per heavy atom. The minimum absolute atomic E-state index is 0.270. The summed E-state index contributed by atoms with van der Waals surface area (Å²) in [5.41, 5.74) is 4.79. The van der Waals surface area contributed by atoms with Gasteiger partial charge in [-0.25, -0.2) is 4.98 Å². The molecule has 0 bridgehead atoms. The number of aromatic nitrogens is 3. The molecule has 5 nitrogen and oxygen atoms in total. The molecule has 148 valence electrons. The molecule has 0 radical (unpaired) electrons. The first-order chi connectivity index (χ1) is 13.6. The average Bonchev–Trinajstić information content (AvgIpc) is 3.07. The quantitative estimate of drug-likeness (QED) is 0.698. The zero-order valence-corrected chi connectivity index (χ0v) is 17.2. The summed E-state index contributed by atoms with van der Waals surface area (Å²) in [5, 5.41) is 3.87. The maximum absolute atomic E-state index is 5.05. The summed E-state index contributed by atoms with van der Waals surface area (Å²) in [6.07, 6.45) is 6.48. The number of fused-ring (bicyclic) bond motifs is 1. The zero-order valence-electron chi connectivity index (χ0n) is 17.2. The van der Waals surface area contributed by atoms with Crippen molar-refractivity contribution in [2.24, 2.45) is 0 Å². The third-order valence-corrected chi connectivity index (χ3v) is 5.75. The normalized spacial score (nSPS) is 20.1. The molecule has 0 aliphatic carbocycles. The molecule has 4 rings (SSSR count). The molecule has 1 saturated heterocycles. The maximum Gasteiger partial charge on any atom is 0.127 e. The molecular weight excluding hydrogens is 346 g/mol. The van der Waals surface area contributed by atoms with E-state index in [9.17, 15) is 0 Å². The fraction of sp³-hybridized carbons (Fsp3) is 0.478. The molecule has 0 saturated carbocycles. The topological polar surface area (TPSA) is 46.0 Å². The number of piperidine rings is 1. The van der Waals surface area contributed by atoms with Gasteiger partial charge in [0.2, 0.25) is 0 Å². The number of para-hydroxylation sites is 2. The van der Waals surface area contributed by atoms with Gasteiger partial charge < -0.3 is 9.47 Å². The third kappa shape index (κ3) is 3.96. The number of nitrogens with one attached hydrogen (secondary N) is 1. The van der Waals surface area contributed by atoms with Crippen molar-refractivity contribution in [3.05, 3.63) is 59.7 Å². The van der Waals surface area contributed by atoms with E-state index in [1.807, 2.05) is 12.3 Å². The fourth-order valence-electron chi connectivity index (χ4n) is 4.36. The lowest BCUT2D eigenvalue weighted by molar-refractivity contribution is 0.307. The smallest absolute Gasteiger partial charge is 0.127 e. The first-order valence-electron chi connectivity index (χ1n) is 10.4. The van der Waals surface area contributed by atoms with Gasteiger partial charge in [-0.1, -0.05) is 18.2 Å². The van der Waals surface area contributed by atoms with Crippen molar-refractivity contribution in [3.8, 4) is 0 Å². The highest BCUT2D eigenvalue weighted by molar-refractivity contribution is 5.76. The molecule has 1 fully saturated rings. The highest BCUT2D eigenvalue weighted by Crippen LogP contribution is 2.34. The second kappa shape index (κ2) is 8.41. The lowest BCUT2D eigenvalue weighted by Crippen LogP contribution is -2.33. The molecule has 28 heavy (non-hydrogen) atoms. The monoisotopic (exact) mass is 377 g/mol. The summed E-state index contributed by atoms with van der Waals surface area (Å²) in [7, 11) is 4.27. The van der Waals surface area contributed by atoms with Crippen molar-refractivity contribution in [1.82, 2.24) is 24.8 Å². The summed E-state index contributed by atoms with van der Waals surface area (Å²) in [5.74, 6) is 1.18. The zero-order chi connectivity index (χ0) is 19.5. The van der Waals surface area contributed by atoms with Gasteiger partial charge >= 0.3 is 0 Å².